The van der Waals surface area contributed by atoms with E-state index < -0.39 is 59.8 Å². The van der Waals surface area contributed by atoms with Crippen molar-refractivity contribution in [3.8, 4) is 0 Å². The Hall–Kier alpha value is -4.40. The lowest BCUT2D eigenvalue weighted by molar-refractivity contribution is -0.192. The molecular formula is C36H67ClF3N11O7. The summed E-state index contributed by atoms with van der Waals surface area (Å²) in [6.07, 6.45) is 5.21. The molecule has 0 aromatic rings. The van der Waals surface area contributed by atoms with Gasteiger partial charge in [-0.25, -0.2) is 4.79 Å². The van der Waals surface area contributed by atoms with E-state index in [9.17, 15) is 37.1 Å². The molecule has 22 heteroatoms. The van der Waals surface area contributed by atoms with E-state index in [4.69, 9.17) is 50.2 Å². The monoisotopic (exact) mass is 857 g/mol. The fraction of sp³-hybridized carbons (Fsp3) is 0.778. The number of carboxylic acids is 1. The summed E-state index contributed by atoms with van der Waals surface area (Å²) in [6, 6.07) is -3.91. The minimum absolute atomic E-state index is 0.0788. The Morgan fingerprint density at radius 3 is 1.57 bits per heavy atom. The van der Waals surface area contributed by atoms with Gasteiger partial charge < -0.3 is 55.0 Å². The van der Waals surface area contributed by atoms with E-state index in [2.05, 4.69) is 38.2 Å². The number of Topliss-reactive ketones (excluding diaryl/α,β-unsaturated/α-hetero) is 1. The maximum Gasteiger partial charge on any atom is 0.490 e. The first-order valence-corrected chi connectivity index (χ1v) is 20.1. The van der Waals surface area contributed by atoms with Gasteiger partial charge >= 0.3 is 12.1 Å². The van der Waals surface area contributed by atoms with Crippen molar-refractivity contribution in [2.75, 3.05) is 25.5 Å². The largest absolute Gasteiger partial charge is 0.490 e. The van der Waals surface area contributed by atoms with Crippen molar-refractivity contribution < 1.29 is 47.0 Å². The molecule has 0 heterocycles. The van der Waals surface area contributed by atoms with Crippen molar-refractivity contribution >= 4 is 58.9 Å². The molecular weight excluding hydrogens is 791 g/mol. The van der Waals surface area contributed by atoms with Crippen LogP contribution in [0.3, 0.4) is 0 Å². The Morgan fingerprint density at radius 2 is 1.10 bits per heavy atom. The average Bonchev–Trinajstić information content (AvgIpc) is 3.14. The standard InChI is InChI=1S/C34H66ClN11O5.C2HF3O2/c1-4-5-6-7-8-9-10-18-28(48)43-25(17-14-21-42-34(39)40)31(50)46-29(23(2)3)32(51)45-26(15-11-12-19-36)30(49)44-24(27(47)22-35)16-13-20-41-33(37)38;3-2(4,5)1(6)7/h23-26,29H,4-22,36H2,1-3H3,(H,43,48)(H,44,49)(H,45,51)(H,46,50)(H4,37,38,41)(H4,39,40,42);(H,6,7)/t24-,25-,26-,29-;/m0./s1. The van der Waals surface area contributed by atoms with Crippen LogP contribution in [0, 0.1) is 5.92 Å². The van der Waals surface area contributed by atoms with Gasteiger partial charge in [0, 0.05) is 19.5 Å². The van der Waals surface area contributed by atoms with E-state index in [1.54, 1.807) is 13.8 Å². The second-order valence-corrected chi connectivity index (χ2v) is 14.2. The molecule has 0 aliphatic rings. The summed E-state index contributed by atoms with van der Waals surface area (Å²) < 4.78 is 31.7. The van der Waals surface area contributed by atoms with Gasteiger partial charge in [-0.15, -0.1) is 11.6 Å². The molecule has 58 heavy (non-hydrogen) atoms. The quantitative estimate of drug-likeness (QED) is 0.0212. The minimum Gasteiger partial charge on any atom is -0.475 e. The van der Waals surface area contributed by atoms with Crippen LogP contribution in [0.25, 0.3) is 0 Å². The molecule has 0 fully saturated rings. The molecule has 0 aromatic heterocycles. The van der Waals surface area contributed by atoms with Crippen molar-refractivity contribution in [1.82, 2.24) is 21.3 Å². The van der Waals surface area contributed by atoms with Crippen molar-refractivity contribution in [3.05, 3.63) is 0 Å². The number of guanidine groups is 2. The molecule has 15 N–H and O–H groups in total. The Bertz CT molecular complexity index is 1300. The van der Waals surface area contributed by atoms with Crippen LogP contribution in [0.1, 0.15) is 117 Å². The van der Waals surface area contributed by atoms with Gasteiger partial charge in [0.1, 0.15) is 18.1 Å². The van der Waals surface area contributed by atoms with E-state index in [1.165, 1.54) is 19.3 Å². The number of ketones is 1. The molecule has 0 aliphatic heterocycles. The maximum absolute atomic E-state index is 13.7. The Labute approximate surface area is 344 Å². The number of halogens is 4. The first-order chi connectivity index (χ1) is 27.2. The van der Waals surface area contributed by atoms with Crippen LogP contribution in [0.4, 0.5) is 13.2 Å². The lowest BCUT2D eigenvalue weighted by Gasteiger charge is -2.28. The van der Waals surface area contributed by atoms with Crippen LogP contribution < -0.4 is 49.9 Å². The molecule has 336 valence electrons. The number of carbonyl (C=O) groups excluding carboxylic acids is 5. The van der Waals surface area contributed by atoms with Crippen molar-refractivity contribution in [1.29, 1.82) is 0 Å². The number of alkyl halides is 4. The molecule has 18 nitrogen and oxygen atoms in total. The fourth-order valence-corrected chi connectivity index (χ4v) is 5.46. The number of unbranched alkanes of at least 4 members (excludes halogenated alkanes) is 7. The summed E-state index contributed by atoms with van der Waals surface area (Å²) in [4.78, 5) is 82.9. The number of hydrogen-bond donors (Lipinski definition) is 10. The second-order valence-electron chi connectivity index (χ2n) is 13.9. The zero-order chi connectivity index (χ0) is 44.7. The van der Waals surface area contributed by atoms with Gasteiger partial charge in [0.2, 0.25) is 23.6 Å². The van der Waals surface area contributed by atoms with E-state index in [-0.39, 0.29) is 68.4 Å². The summed E-state index contributed by atoms with van der Waals surface area (Å²) >= 11 is 5.81. The van der Waals surface area contributed by atoms with Gasteiger partial charge in [0.15, 0.2) is 17.7 Å². The second kappa shape index (κ2) is 32.5. The number of rotatable bonds is 30. The first kappa shape index (κ1) is 55.7. The Morgan fingerprint density at radius 1 is 0.655 bits per heavy atom. The van der Waals surface area contributed by atoms with Gasteiger partial charge in [-0.3, -0.25) is 34.0 Å². The molecule has 0 saturated carbocycles. The van der Waals surface area contributed by atoms with Crippen molar-refractivity contribution in [2.45, 2.75) is 147 Å². The molecule has 0 bridgehead atoms. The lowest BCUT2D eigenvalue weighted by Crippen LogP contribution is -2.59. The van der Waals surface area contributed by atoms with Crippen LogP contribution in [0.15, 0.2) is 9.98 Å². The van der Waals surface area contributed by atoms with Crippen LogP contribution in [-0.4, -0.2) is 108 Å². The predicted molar refractivity (Wildman–Crippen MR) is 217 cm³/mol. The van der Waals surface area contributed by atoms with E-state index in [0.29, 0.717) is 38.6 Å². The number of aliphatic imine (C=N–C) groups is 2. The highest BCUT2D eigenvalue weighted by Gasteiger charge is 2.38. The zero-order valence-corrected chi connectivity index (χ0v) is 34.8. The molecule has 4 atom stereocenters. The summed E-state index contributed by atoms with van der Waals surface area (Å²) in [5.41, 5.74) is 27.3. The Kier molecular flexibility index (Phi) is 31.3. The van der Waals surface area contributed by atoms with Gasteiger partial charge in [0.05, 0.1) is 11.9 Å². The average molecular weight is 858 g/mol. The highest BCUT2D eigenvalue weighted by Crippen LogP contribution is 2.14. The van der Waals surface area contributed by atoms with E-state index >= 15 is 0 Å². The smallest absolute Gasteiger partial charge is 0.475 e. The Balaban J connectivity index is 0. The third kappa shape index (κ3) is 28.9. The molecule has 0 saturated heterocycles. The highest BCUT2D eigenvalue weighted by molar-refractivity contribution is 6.28. The van der Waals surface area contributed by atoms with E-state index in [0.717, 1.165) is 19.3 Å². The molecule has 0 aromatic carbocycles. The van der Waals surface area contributed by atoms with Gasteiger partial charge in [-0.05, 0) is 63.8 Å². The zero-order valence-electron chi connectivity index (χ0n) is 34.0. The van der Waals surface area contributed by atoms with Gasteiger partial charge in [0.25, 0.3) is 0 Å². The third-order valence-corrected chi connectivity index (χ3v) is 8.72. The molecule has 0 unspecified atom stereocenters. The summed E-state index contributed by atoms with van der Waals surface area (Å²) in [5, 5.41) is 18.2. The number of carboxylic acid groups (broad SMARTS) is 1. The first-order valence-electron chi connectivity index (χ1n) is 19.6. The number of nitrogens with one attached hydrogen (secondary N) is 4. The predicted octanol–water partition coefficient (Wildman–Crippen LogP) is 1.40. The minimum atomic E-state index is -5.08. The summed E-state index contributed by atoms with van der Waals surface area (Å²) in [6.45, 7) is 6.58. The molecule has 0 rings (SSSR count). The molecule has 0 radical (unpaired) electrons. The number of nitrogens with zero attached hydrogens (tertiary/aromatic N) is 2. The van der Waals surface area contributed by atoms with Crippen molar-refractivity contribution in [3.63, 3.8) is 0 Å². The number of carbonyl (C=O) groups is 6. The lowest BCUT2D eigenvalue weighted by atomic mass is 10.00. The summed E-state index contributed by atoms with van der Waals surface area (Å²) in [7, 11) is 0. The number of aliphatic carboxylic acids is 1. The fourth-order valence-electron chi connectivity index (χ4n) is 5.28. The van der Waals surface area contributed by atoms with Crippen LogP contribution in [-0.2, 0) is 28.8 Å². The molecule has 4 amide bonds. The van der Waals surface area contributed by atoms with Gasteiger partial charge in [-0.1, -0.05) is 59.3 Å². The van der Waals surface area contributed by atoms with Crippen LogP contribution in [0.2, 0.25) is 0 Å². The topological polar surface area (TPSA) is 326 Å². The maximum atomic E-state index is 13.7. The molecule has 0 aliphatic carbocycles. The molecule has 0 spiro atoms. The van der Waals surface area contributed by atoms with Crippen LogP contribution in [0.5, 0.6) is 0 Å². The number of amides is 4. The summed E-state index contributed by atoms with van der Waals surface area (Å²) in [5.74, 6) is -5.98. The third-order valence-electron chi connectivity index (χ3n) is 8.46. The van der Waals surface area contributed by atoms with Crippen LogP contribution >= 0.6 is 11.6 Å². The van der Waals surface area contributed by atoms with E-state index in [1.807, 2.05) is 0 Å². The number of nitrogens with two attached hydrogens (primary N) is 5. The SMILES string of the molecule is CCCCCCCCCC(=O)N[C@@H](CCCN=C(N)N)C(=O)N[C@H](C(=O)N[C@@H](CCCCN)C(=O)N[C@@H](CCCN=C(N)N)C(=O)CCl)C(C)C.O=C(O)C(F)(F)F. The highest BCUT2D eigenvalue weighted by atomic mass is 35.5. The van der Waals surface area contributed by atoms with Crippen molar-refractivity contribution in [2.24, 2.45) is 44.6 Å². The normalized spacial score (nSPS) is 13.1. The number of hydrogen-bond acceptors (Lipinski definition) is 9. The van der Waals surface area contributed by atoms with Gasteiger partial charge in [-0.2, -0.15) is 13.2 Å².